The van der Waals surface area contributed by atoms with Gasteiger partial charge in [0, 0.05) is 43.4 Å². The average Bonchev–Trinajstić information content (AvgIpc) is 3.11. The fourth-order valence-electron chi connectivity index (χ4n) is 5.45. The molecule has 3 aromatic carbocycles. The lowest BCUT2D eigenvalue weighted by molar-refractivity contribution is -0.123. The molecule has 4 heterocycles. The van der Waals surface area contributed by atoms with Crippen LogP contribution in [0.15, 0.2) is 85.1 Å². The van der Waals surface area contributed by atoms with Crippen LogP contribution in [0.4, 0.5) is 0 Å². The van der Waals surface area contributed by atoms with Crippen molar-refractivity contribution in [3.05, 3.63) is 102 Å². The molecule has 3 aliphatic rings. The summed E-state index contributed by atoms with van der Waals surface area (Å²) >= 11 is 0. The maximum absolute atomic E-state index is 13.8. The van der Waals surface area contributed by atoms with Crippen molar-refractivity contribution >= 4 is 24.2 Å². The minimum Gasteiger partial charge on any atom is -0.505 e. The van der Waals surface area contributed by atoms with E-state index in [9.17, 15) is 19.5 Å². The Hall–Kier alpha value is -6.11. The molecule has 4 N–H and O–H groups in total. The summed E-state index contributed by atoms with van der Waals surface area (Å²) < 4.78 is 17.7. The van der Waals surface area contributed by atoms with E-state index in [1.165, 1.54) is 12.3 Å². The van der Waals surface area contributed by atoms with Crippen LogP contribution in [0, 0.1) is 0 Å². The quantitative estimate of drug-likeness (QED) is 0.235. The van der Waals surface area contributed by atoms with Gasteiger partial charge in [0.1, 0.15) is 29.1 Å². The standard InChI is InChI=1S/C34H32N4O7.CH2O2/c1-43-29-12-9-23-17-26(29)22-4-2-5-25(16-22)44-20-31(40)36-18-21-7-10-24(11-8-21)45-30-13-15-38(19-27(30)37-33(23)41)34(42)32-28(39)6-3-14-35-32;2-1-3/h2-12,14,16-17,27,30,39H,13,15,18-20H2,1H3,(H,36,40)(H,37,41);1H,(H,2,3)/t27-,30-;/m1./s1. The van der Waals surface area contributed by atoms with Gasteiger partial charge in [-0.05, 0) is 65.7 Å². The summed E-state index contributed by atoms with van der Waals surface area (Å²) in [4.78, 5) is 53.6. The lowest BCUT2D eigenvalue weighted by Crippen LogP contribution is -2.58. The zero-order chi connectivity index (χ0) is 34.0. The van der Waals surface area contributed by atoms with Gasteiger partial charge < -0.3 is 40.0 Å². The zero-order valence-corrected chi connectivity index (χ0v) is 26.0. The number of amides is 3. The highest BCUT2D eigenvalue weighted by Crippen LogP contribution is 2.33. The number of carbonyl (C=O) groups excluding carboxylic acids is 3. The highest BCUT2D eigenvalue weighted by molar-refractivity contribution is 5.97. The van der Waals surface area contributed by atoms with E-state index < -0.39 is 18.1 Å². The van der Waals surface area contributed by atoms with Gasteiger partial charge in [-0.3, -0.25) is 19.2 Å². The highest BCUT2D eigenvalue weighted by Gasteiger charge is 2.35. The second-order valence-corrected chi connectivity index (χ2v) is 10.9. The van der Waals surface area contributed by atoms with E-state index in [-0.39, 0.29) is 42.9 Å². The molecule has 0 spiro atoms. The molecule has 13 nitrogen and oxygen atoms in total. The van der Waals surface area contributed by atoms with Crippen LogP contribution in [0.1, 0.15) is 32.8 Å². The number of hydrogen-bond acceptors (Lipinski definition) is 9. The fraction of sp³-hybridized carbons (Fsp3) is 0.229. The molecule has 0 unspecified atom stereocenters. The van der Waals surface area contributed by atoms with Crippen molar-refractivity contribution in [1.82, 2.24) is 20.5 Å². The largest absolute Gasteiger partial charge is 0.505 e. The fourth-order valence-corrected chi connectivity index (χ4v) is 5.45. The molecule has 7 rings (SSSR count). The number of pyridine rings is 1. The molecule has 2 atom stereocenters. The normalized spacial score (nSPS) is 17.5. The number of piperidine rings is 1. The Labute approximate surface area is 276 Å². The third kappa shape index (κ3) is 7.99. The van der Waals surface area contributed by atoms with Gasteiger partial charge >= 0.3 is 0 Å². The third-order valence-corrected chi connectivity index (χ3v) is 7.82. The summed E-state index contributed by atoms with van der Waals surface area (Å²) in [6.45, 7) is 0.373. The summed E-state index contributed by atoms with van der Waals surface area (Å²) in [5.74, 6) is 0.349. The number of aromatic nitrogens is 1. The van der Waals surface area contributed by atoms with Crippen LogP contribution in [0.5, 0.6) is 23.0 Å². The molecule has 0 radical (unpaired) electrons. The number of rotatable bonds is 2. The van der Waals surface area contributed by atoms with Crippen molar-refractivity contribution in [3.63, 3.8) is 0 Å². The topological polar surface area (TPSA) is 177 Å². The molecular weight excluding hydrogens is 620 g/mol. The Morgan fingerprint density at radius 3 is 2.56 bits per heavy atom. The van der Waals surface area contributed by atoms with Crippen molar-refractivity contribution in [1.29, 1.82) is 0 Å². The third-order valence-electron chi connectivity index (χ3n) is 7.82. The molecule has 1 aromatic heterocycles. The molecule has 6 bridgehead atoms. The molecule has 4 aromatic rings. The number of fused-ring (bicyclic) bond motifs is 7. The van der Waals surface area contributed by atoms with Crippen LogP contribution in [0.25, 0.3) is 11.1 Å². The molecule has 48 heavy (non-hydrogen) atoms. The first kappa shape index (κ1) is 33.3. The van der Waals surface area contributed by atoms with Crippen LogP contribution in [-0.2, 0) is 16.1 Å². The SMILES string of the molecule is COc1ccc2cc1-c1cccc(c1)OCC(=O)NCc1ccc(cc1)O[C@@H]1CCN(C(=O)c3ncccc3O)C[C@H]1NC2=O.O=CO. The molecular formula is C35H34N4O9. The highest BCUT2D eigenvalue weighted by atomic mass is 16.5. The van der Waals surface area contributed by atoms with Crippen molar-refractivity contribution in [2.45, 2.75) is 25.1 Å². The first-order valence-electron chi connectivity index (χ1n) is 15.0. The number of hydrogen-bond donors (Lipinski definition) is 4. The predicted octanol–water partition coefficient (Wildman–Crippen LogP) is 3.26. The molecule has 0 aliphatic carbocycles. The van der Waals surface area contributed by atoms with Crippen LogP contribution >= 0.6 is 0 Å². The molecule has 1 fully saturated rings. The molecule has 13 heteroatoms. The predicted molar refractivity (Wildman–Crippen MR) is 173 cm³/mol. The second-order valence-electron chi connectivity index (χ2n) is 10.9. The van der Waals surface area contributed by atoms with Crippen LogP contribution in [0.2, 0.25) is 0 Å². The van der Waals surface area contributed by atoms with Crippen molar-refractivity contribution < 1.29 is 43.6 Å². The van der Waals surface area contributed by atoms with Crippen molar-refractivity contribution in [3.8, 4) is 34.1 Å². The van der Waals surface area contributed by atoms with Gasteiger partial charge in [0.25, 0.3) is 24.2 Å². The molecule has 3 amide bonds. The van der Waals surface area contributed by atoms with Crippen LogP contribution in [0.3, 0.4) is 0 Å². The van der Waals surface area contributed by atoms with E-state index in [0.29, 0.717) is 47.9 Å². The van der Waals surface area contributed by atoms with Gasteiger partial charge in [-0.1, -0.05) is 24.3 Å². The Balaban J connectivity index is 0.00000145. The van der Waals surface area contributed by atoms with E-state index in [1.807, 2.05) is 18.2 Å². The first-order valence-corrected chi connectivity index (χ1v) is 15.0. The summed E-state index contributed by atoms with van der Waals surface area (Å²) in [6.07, 6.45) is 1.41. The summed E-state index contributed by atoms with van der Waals surface area (Å²) in [5, 5.41) is 23.1. The van der Waals surface area contributed by atoms with E-state index in [4.69, 9.17) is 24.1 Å². The zero-order valence-electron chi connectivity index (χ0n) is 26.0. The molecule has 3 aliphatic heterocycles. The van der Waals surface area contributed by atoms with E-state index in [1.54, 1.807) is 66.6 Å². The number of carbonyl (C=O) groups is 4. The van der Waals surface area contributed by atoms with Crippen molar-refractivity contribution in [2.24, 2.45) is 0 Å². The number of ether oxygens (including phenoxy) is 3. The number of nitrogens with zero attached hydrogens (tertiary/aromatic N) is 2. The number of carboxylic acid groups (broad SMARTS) is 1. The molecule has 0 saturated carbocycles. The lowest BCUT2D eigenvalue weighted by atomic mass is 9.99. The molecule has 1 saturated heterocycles. The molecule has 248 valence electrons. The smallest absolute Gasteiger partial charge is 0.290 e. The van der Waals surface area contributed by atoms with Gasteiger partial charge in [0.15, 0.2) is 12.3 Å². The van der Waals surface area contributed by atoms with Gasteiger partial charge in [-0.15, -0.1) is 0 Å². The van der Waals surface area contributed by atoms with Gasteiger partial charge in [-0.25, -0.2) is 4.98 Å². The monoisotopic (exact) mass is 654 g/mol. The number of nitrogens with one attached hydrogen (secondary N) is 2. The van der Waals surface area contributed by atoms with E-state index in [2.05, 4.69) is 15.6 Å². The summed E-state index contributed by atoms with van der Waals surface area (Å²) in [5.41, 5.74) is 2.59. The average molecular weight is 655 g/mol. The van der Waals surface area contributed by atoms with Gasteiger partial charge in [-0.2, -0.15) is 0 Å². The Kier molecular flexibility index (Phi) is 10.7. The Bertz CT molecular complexity index is 1780. The Morgan fingerprint density at radius 1 is 1.02 bits per heavy atom. The number of methoxy groups -OCH3 is 1. The van der Waals surface area contributed by atoms with E-state index >= 15 is 0 Å². The number of aromatic hydroxyl groups is 1. The van der Waals surface area contributed by atoms with E-state index in [0.717, 1.165) is 11.1 Å². The number of likely N-dealkylation sites (tertiary alicyclic amines) is 1. The summed E-state index contributed by atoms with van der Waals surface area (Å²) in [6, 6.07) is 22.0. The minimum absolute atomic E-state index is 0.0520. The van der Waals surface area contributed by atoms with Gasteiger partial charge in [0.2, 0.25) is 0 Å². The first-order chi connectivity index (χ1) is 23.3. The lowest BCUT2D eigenvalue weighted by Gasteiger charge is -2.38. The second kappa shape index (κ2) is 15.5. The van der Waals surface area contributed by atoms with Gasteiger partial charge in [0.05, 0.1) is 13.2 Å². The van der Waals surface area contributed by atoms with Crippen LogP contribution in [-0.4, -0.2) is 83.2 Å². The maximum atomic E-state index is 13.8. The number of benzene rings is 3. The Morgan fingerprint density at radius 2 is 1.81 bits per heavy atom. The summed E-state index contributed by atoms with van der Waals surface area (Å²) in [7, 11) is 1.55. The van der Waals surface area contributed by atoms with Crippen molar-refractivity contribution in [2.75, 3.05) is 26.8 Å². The minimum atomic E-state index is -0.590. The maximum Gasteiger partial charge on any atom is 0.290 e. The van der Waals surface area contributed by atoms with Crippen LogP contribution < -0.4 is 24.8 Å².